The van der Waals surface area contributed by atoms with Crippen LogP contribution < -0.4 is 24.4 Å². The topological polar surface area (TPSA) is 135 Å². The number of halogens is 1. The predicted octanol–water partition coefficient (Wildman–Crippen LogP) is 4.75. The number of aromatic nitrogens is 1. The molecular formula is C29H24BrN3O8S. The summed E-state index contributed by atoms with van der Waals surface area (Å²) in [7, 11) is 3.02. The summed E-state index contributed by atoms with van der Waals surface area (Å²) in [4.78, 5) is 43.2. The summed E-state index contributed by atoms with van der Waals surface area (Å²) in [6.07, 6.45) is 1.54. The van der Waals surface area contributed by atoms with Gasteiger partial charge in [-0.1, -0.05) is 27.3 Å². The Kier molecular flexibility index (Phi) is 8.14. The van der Waals surface area contributed by atoms with Crippen LogP contribution in [0.4, 0.5) is 5.69 Å². The molecule has 13 heteroatoms. The van der Waals surface area contributed by atoms with Crippen LogP contribution in [-0.2, 0) is 9.53 Å². The number of nitrogens with zero attached hydrogens (tertiary/aromatic N) is 3. The lowest BCUT2D eigenvalue weighted by Gasteiger charge is -2.26. The first-order chi connectivity index (χ1) is 20.2. The van der Waals surface area contributed by atoms with Gasteiger partial charge >= 0.3 is 5.97 Å². The first kappa shape index (κ1) is 29.0. The van der Waals surface area contributed by atoms with Crippen molar-refractivity contribution in [2.45, 2.75) is 19.9 Å². The minimum Gasteiger partial charge on any atom is -0.497 e. The zero-order valence-electron chi connectivity index (χ0n) is 22.9. The van der Waals surface area contributed by atoms with Crippen LogP contribution >= 0.6 is 27.3 Å². The number of esters is 1. The Morgan fingerprint density at radius 3 is 2.67 bits per heavy atom. The third-order valence-electron chi connectivity index (χ3n) is 6.57. The van der Waals surface area contributed by atoms with Gasteiger partial charge in [-0.15, -0.1) is 0 Å². The van der Waals surface area contributed by atoms with Gasteiger partial charge in [0.05, 0.1) is 47.1 Å². The van der Waals surface area contributed by atoms with Gasteiger partial charge in [0.25, 0.3) is 11.2 Å². The smallest absolute Gasteiger partial charge is 0.338 e. The van der Waals surface area contributed by atoms with E-state index in [1.807, 2.05) is 0 Å². The summed E-state index contributed by atoms with van der Waals surface area (Å²) < 4.78 is 24.6. The zero-order valence-corrected chi connectivity index (χ0v) is 25.3. The van der Waals surface area contributed by atoms with Crippen LogP contribution in [0.3, 0.4) is 0 Å². The number of methoxy groups -OCH3 is 2. The fraction of sp³-hybridized carbons (Fsp3) is 0.207. The highest BCUT2D eigenvalue weighted by Crippen LogP contribution is 2.38. The minimum absolute atomic E-state index is 0.126. The minimum atomic E-state index is -0.912. The van der Waals surface area contributed by atoms with Gasteiger partial charge < -0.3 is 18.6 Å². The molecule has 0 unspecified atom stereocenters. The molecule has 0 saturated carbocycles. The zero-order chi connectivity index (χ0) is 30.1. The number of hydrogen-bond donors (Lipinski definition) is 0. The van der Waals surface area contributed by atoms with Crippen LogP contribution in [0, 0.1) is 10.1 Å². The van der Waals surface area contributed by atoms with E-state index >= 15 is 0 Å². The van der Waals surface area contributed by atoms with E-state index in [0.29, 0.717) is 43.4 Å². The number of carbonyl (C=O) groups excluding carboxylic acids is 1. The second kappa shape index (κ2) is 11.8. The number of nitro groups is 1. The monoisotopic (exact) mass is 653 g/mol. The highest BCUT2D eigenvalue weighted by molar-refractivity contribution is 9.10. The van der Waals surface area contributed by atoms with Gasteiger partial charge in [-0.2, -0.15) is 0 Å². The fourth-order valence-electron chi connectivity index (χ4n) is 4.71. The number of ether oxygens (including phenoxy) is 3. The third kappa shape index (κ3) is 5.28. The summed E-state index contributed by atoms with van der Waals surface area (Å²) in [6.45, 7) is 3.52. The van der Waals surface area contributed by atoms with Gasteiger partial charge in [0.2, 0.25) is 0 Å². The SMILES string of the molecule is CCOC(=O)C1=C(C)N=c2s/c(=C\c3ccc(-c4ccc(Br)cc4[N+](=O)[O-])o3)c(=O)n2[C@H]1c1cc(OC)ccc1OC. The van der Waals surface area contributed by atoms with E-state index in [1.54, 1.807) is 62.4 Å². The Hall–Kier alpha value is -4.49. The second-order valence-electron chi connectivity index (χ2n) is 9.03. The Morgan fingerprint density at radius 1 is 1.19 bits per heavy atom. The normalized spacial score (nSPS) is 14.8. The quantitative estimate of drug-likeness (QED) is 0.151. The van der Waals surface area contributed by atoms with Crippen molar-refractivity contribution in [3.8, 4) is 22.8 Å². The molecule has 0 N–H and O–H groups in total. The molecule has 11 nitrogen and oxygen atoms in total. The molecule has 4 aromatic rings. The van der Waals surface area contributed by atoms with Gasteiger partial charge in [-0.05, 0) is 56.3 Å². The molecule has 0 saturated heterocycles. The van der Waals surface area contributed by atoms with Crippen molar-refractivity contribution in [3.05, 3.63) is 105 Å². The van der Waals surface area contributed by atoms with E-state index in [1.165, 1.54) is 24.9 Å². The summed E-state index contributed by atoms with van der Waals surface area (Å²) in [5.74, 6) is 0.932. The summed E-state index contributed by atoms with van der Waals surface area (Å²) in [5.41, 5.74) is 0.868. The van der Waals surface area contributed by atoms with E-state index in [2.05, 4.69) is 20.9 Å². The maximum Gasteiger partial charge on any atom is 0.338 e. The molecule has 216 valence electrons. The number of allylic oxidation sites excluding steroid dienone is 1. The summed E-state index contributed by atoms with van der Waals surface area (Å²) >= 11 is 4.37. The Labute approximate surface area is 251 Å². The first-order valence-corrected chi connectivity index (χ1v) is 14.2. The molecule has 2 aromatic heterocycles. The summed E-state index contributed by atoms with van der Waals surface area (Å²) in [6, 6.07) is 12.1. The number of thiazole rings is 1. The van der Waals surface area contributed by atoms with Crippen molar-refractivity contribution in [3.63, 3.8) is 0 Å². The van der Waals surface area contributed by atoms with Crippen LogP contribution in [-0.4, -0.2) is 36.3 Å². The molecule has 0 amide bonds. The Balaban J connectivity index is 1.68. The standard InChI is InChI=1S/C29H24BrN3O8S/c1-5-40-28(35)25-15(2)31-29-32(26(25)20-13-17(38-3)7-10-22(20)39-4)27(34)24(42-29)14-18-8-11-23(41-18)19-9-6-16(30)12-21(19)33(36)37/h6-14,26H,5H2,1-4H3/b24-14-/t26-/m0/s1. The second-order valence-corrected chi connectivity index (χ2v) is 11.0. The van der Waals surface area contributed by atoms with E-state index in [0.717, 1.165) is 11.3 Å². The maximum atomic E-state index is 13.9. The molecular weight excluding hydrogens is 630 g/mol. The Bertz CT molecular complexity index is 1940. The molecule has 1 atom stereocenters. The van der Waals surface area contributed by atoms with Crippen LogP contribution in [0.5, 0.6) is 11.5 Å². The number of fused-ring (bicyclic) bond motifs is 1. The molecule has 0 fully saturated rings. The van der Waals surface area contributed by atoms with Crippen molar-refractivity contribution in [2.24, 2.45) is 4.99 Å². The highest BCUT2D eigenvalue weighted by Gasteiger charge is 2.35. The van der Waals surface area contributed by atoms with E-state index in [-0.39, 0.29) is 28.2 Å². The molecule has 42 heavy (non-hydrogen) atoms. The Morgan fingerprint density at radius 2 is 1.98 bits per heavy atom. The number of nitro benzene ring substituents is 1. The molecule has 0 spiro atoms. The average molecular weight is 654 g/mol. The van der Waals surface area contributed by atoms with Gasteiger partial charge in [0.15, 0.2) is 4.80 Å². The number of furan rings is 1. The highest BCUT2D eigenvalue weighted by atomic mass is 79.9. The van der Waals surface area contributed by atoms with E-state index in [9.17, 15) is 19.7 Å². The van der Waals surface area contributed by atoms with Gasteiger partial charge in [-0.25, -0.2) is 9.79 Å². The van der Waals surface area contributed by atoms with Crippen molar-refractivity contribution >= 4 is 45.0 Å². The van der Waals surface area contributed by atoms with Gasteiger partial charge in [0.1, 0.15) is 29.1 Å². The van der Waals surface area contributed by atoms with Crippen LogP contribution in [0.2, 0.25) is 0 Å². The van der Waals surface area contributed by atoms with Gasteiger partial charge in [0, 0.05) is 22.2 Å². The number of benzene rings is 2. The van der Waals surface area contributed by atoms with E-state index < -0.39 is 22.5 Å². The lowest BCUT2D eigenvalue weighted by Crippen LogP contribution is -2.40. The lowest BCUT2D eigenvalue weighted by molar-refractivity contribution is -0.384. The molecule has 5 rings (SSSR count). The number of rotatable bonds is 8. The van der Waals surface area contributed by atoms with E-state index in [4.69, 9.17) is 18.6 Å². The fourth-order valence-corrected chi connectivity index (χ4v) is 6.08. The van der Waals surface area contributed by atoms with Crippen LogP contribution in [0.25, 0.3) is 17.4 Å². The van der Waals surface area contributed by atoms with Crippen molar-refractivity contribution in [1.82, 2.24) is 4.57 Å². The molecule has 3 heterocycles. The average Bonchev–Trinajstić information content (AvgIpc) is 3.55. The van der Waals surface area contributed by atoms with Crippen LogP contribution in [0.15, 0.2) is 78.5 Å². The molecule has 0 bridgehead atoms. The van der Waals surface area contributed by atoms with Crippen molar-refractivity contribution in [2.75, 3.05) is 20.8 Å². The van der Waals surface area contributed by atoms with Crippen molar-refractivity contribution < 1.29 is 28.3 Å². The predicted molar refractivity (Wildman–Crippen MR) is 158 cm³/mol. The molecule has 2 aromatic carbocycles. The van der Waals surface area contributed by atoms with Crippen molar-refractivity contribution in [1.29, 1.82) is 0 Å². The molecule has 0 aliphatic carbocycles. The largest absolute Gasteiger partial charge is 0.497 e. The first-order valence-electron chi connectivity index (χ1n) is 12.6. The molecule has 0 radical (unpaired) electrons. The van der Waals surface area contributed by atoms with Gasteiger partial charge in [-0.3, -0.25) is 19.5 Å². The number of hydrogen-bond acceptors (Lipinski definition) is 10. The number of carbonyl (C=O) groups is 1. The molecule has 1 aliphatic rings. The molecule has 1 aliphatic heterocycles. The summed E-state index contributed by atoms with van der Waals surface area (Å²) in [5, 5.41) is 11.6. The van der Waals surface area contributed by atoms with Crippen LogP contribution in [0.1, 0.15) is 31.2 Å². The lowest BCUT2D eigenvalue weighted by atomic mass is 9.95. The third-order valence-corrected chi connectivity index (χ3v) is 8.05. The maximum absolute atomic E-state index is 13.9.